The fourth-order valence-electron chi connectivity index (χ4n) is 3.58. The van der Waals surface area contributed by atoms with E-state index in [2.05, 4.69) is 50.6 Å². The molecule has 0 aliphatic carbocycles. The van der Waals surface area contributed by atoms with E-state index in [0.717, 1.165) is 21.3 Å². The lowest BCUT2D eigenvalue weighted by molar-refractivity contribution is -0.113. The molecule has 2 amide bonds. The van der Waals surface area contributed by atoms with Gasteiger partial charge < -0.3 is 15.2 Å². The van der Waals surface area contributed by atoms with Gasteiger partial charge in [0.15, 0.2) is 11.0 Å². The predicted octanol–water partition coefficient (Wildman–Crippen LogP) is 6.10. The van der Waals surface area contributed by atoms with Crippen LogP contribution in [0.15, 0.2) is 46.0 Å². The number of nitrogens with zero attached hydrogens (tertiary/aromatic N) is 3. The monoisotopic (exact) mass is 577 g/mol. The Bertz CT molecular complexity index is 1230. The van der Waals surface area contributed by atoms with Gasteiger partial charge in [0.1, 0.15) is 0 Å². The zero-order valence-electron chi connectivity index (χ0n) is 20.4. The van der Waals surface area contributed by atoms with Crippen LogP contribution in [-0.4, -0.2) is 32.3 Å². The molecule has 0 unspecified atom stereocenters. The van der Waals surface area contributed by atoms with Gasteiger partial charge >= 0.3 is 0 Å². The second-order valence-corrected chi connectivity index (χ2v) is 10.9. The summed E-state index contributed by atoms with van der Waals surface area (Å²) in [6.07, 6.45) is 0.676. The van der Waals surface area contributed by atoms with Gasteiger partial charge in [0.2, 0.25) is 5.91 Å². The Morgan fingerprint density at radius 3 is 2.51 bits per heavy atom. The van der Waals surface area contributed by atoms with Crippen molar-refractivity contribution in [1.29, 1.82) is 0 Å². The van der Waals surface area contributed by atoms with Crippen LogP contribution in [0.3, 0.4) is 0 Å². The summed E-state index contributed by atoms with van der Waals surface area (Å²) in [6.45, 7) is 8.14. The molecular weight excluding hydrogens is 550 g/mol. The molecule has 7 nitrogen and oxygen atoms in total. The number of benzene rings is 2. The van der Waals surface area contributed by atoms with E-state index < -0.39 is 0 Å². The lowest BCUT2D eigenvalue weighted by Crippen LogP contribution is -2.31. The minimum absolute atomic E-state index is 0.130. The normalized spacial score (nSPS) is 12.0. The van der Waals surface area contributed by atoms with Crippen molar-refractivity contribution >= 4 is 56.8 Å². The Kier molecular flexibility index (Phi) is 9.38. The molecule has 2 aromatic carbocycles. The SMILES string of the molecule is Cc1c(Br)ccc(NC(=O)CSc2nnc([C@@H](CC(C)C)NC(=O)c3ccccc3Cl)n2C)c1C. The Hall–Kier alpha value is -2.36. The number of hydrogen-bond donors (Lipinski definition) is 2. The smallest absolute Gasteiger partial charge is 0.253 e. The van der Waals surface area contributed by atoms with Gasteiger partial charge in [0.05, 0.1) is 22.4 Å². The zero-order chi connectivity index (χ0) is 25.7. The molecule has 0 bridgehead atoms. The highest BCUT2D eigenvalue weighted by molar-refractivity contribution is 9.10. The van der Waals surface area contributed by atoms with E-state index in [0.29, 0.717) is 33.9 Å². The summed E-state index contributed by atoms with van der Waals surface area (Å²) < 4.78 is 2.83. The van der Waals surface area contributed by atoms with E-state index in [1.54, 1.807) is 24.3 Å². The fourth-order valence-corrected chi connectivity index (χ4v) is 4.95. The molecule has 0 aliphatic rings. The molecule has 3 rings (SSSR count). The van der Waals surface area contributed by atoms with Crippen molar-refractivity contribution < 1.29 is 9.59 Å². The molecule has 35 heavy (non-hydrogen) atoms. The van der Waals surface area contributed by atoms with Crippen LogP contribution in [0, 0.1) is 19.8 Å². The molecule has 1 aromatic heterocycles. The fraction of sp³-hybridized carbons (Fsp3) is 0.360. The quantitative estimate of drug-likeness (QED) is 0.300. The van der Waals surface area contributed by atoms with E-state index in [1.807, 2.05) is 37.6 Å². The molecular formula is C25H29BrClN5O2S. The summed E-state index contributed by atoms with van der Waals surface area (Å²) in [5.41, 5.74) is 3.30. The maximum atomic E-state index is 12.9. The van der Waals surface area contributed by atoms with Crippen molar-refractivity contribution in [3.05, 3.63) is 68.4 Å². The van der Waals surface area contributed by atoms with E-state index in [9.17, 15) is 9.59 Å². The molecule has 1 heterocycles. The molecule has 0 fully saturated rings. The van der Waals surface area contributed by atoms with Gasteiger partial charge in [-0.05, 0) is 61.6 Å². The van der Waals surface area contributed by atoms with E-state index in [4.69, 9.17) is 11.6 Å². The van der Waals surface area contributed by atoms with Gasteiger partial charge in [-0.2, -0.15) is 0 Å². The van der Waals surface area contributed by atoms with Crippen LogP contribution in [0.25, 0.3) is 0 Å². The Labute approximate surface area is 223 Å². The van der Waals surface area contributed by atoms with Crippen LogP contribution in [-0.2, 0) is 11.8 Å². The lowest BCUT2D eigenvalue weighted by atomic mass is 10.0. The first kappa shape index (κ1) is 27.2. The molecule has 10 heteroatoms. The topological polar surface area (TPSA) is 88.9 Å². The van der Waals surface area contributed by atoms with Gasteiger partial charge in [-0.1, -0.05) is 65.3 Å². The molecule has 0 saturated carbocycles. The van der Waals surface area contributed by atoms with Gasteiger partial charge in [-0.15, -0.1) is 10.2 Å². The number of rotatable bonds is 9. The number of carbonyl (C=O) groups excluding carboxylic acids is 2. The van der Waals surface area contributed by atoms with Crippen molar-refractivity contribution in [2.75, 3.05) is 11.1 Å². The molecule has 0 aliphatic heterocycles. The molecule has 0 saturated heterocycles. The van der Waals surface area contributed by atoms with Crippen LogP contribution in [0.1, 0.15) is 53.6 Å². The third kappa shape index (κ3) is 6.86. The van der Waals surface area contributed by atoms with Crippen LogP contribution < -0.4 is 10.6 Å². The summed E-state index contributed by atoms with van der Waals surface area (Å²) in [5, 5.41) is 15.6. The number of amides is 2. The van der Waals surface area contributed by atoms with Crippen LogP contribution >= 0.6 is 39.3 Å². The highest BCUT2D eigenvalue weighted by Gasteiger charge is 2.24. The van der Waals surface area contributed by atoms with Crippen LogP contribution in [0.4, 0.5) is 5.69 Å². The lowest BCUT2D eigenvalue weighted by Gasteiger charge is -2.20. The second kappa shape index (κ2) is 12.1. The first-order valence-electron chi connectivity index (χ1n) is 11.2. The van der Waals surface area contributed by atoms with Gasteiger partial charge in [-0.25, -0.2) is 0 Å². The van der Waals surface area contributed by atoms with Gasteiger partial charge in [0, 0.05) is 17.2 Å². The number of hydrogen-bond acceptors (Lipinski definition) is 5. The van der Waals surface area contributed by atoms with Crippen molar-refractivity contribution in [3.63, 3.8) is 0 Å². The van der Waals surface area contributed by atoms with Crippen molar-refractivity contribution in [1.82, 2.24) is 20.1 Å². The number of anilines is 1. The molecule has 0 spiro atoms. The number of halogens is 2. The number of aromatic nitrogens is 3. The Morgan fingerprint density at radius 2 is 1.83 bits per heavy atom. The maximum absolute atomic E-state index is 12.9. The summed E-state index contributed by atoms with van der Waals surface area (Å²) >= 11 is 11.0. The van der Waals surface area contributed by atoms with Crippen molar-refractivity contribution in [2.24, 2.45) is 13.0 Å². The van der Waals surface area contributed by atoms with E-state index >= 15 is 0 Å². The summed E-state index contributed by atoms with van der Waals surface area (Å²) in [5.74, 6) is 0.721. The minimum atomic E-state index is -0.354. The standard InChI is InChI=1S/C25H29BrClN5O2S/c1-14(2)12-21(29-24(34)17-8-6-7-9-19(17)27)23-30-31-25(32(23)5)35-13-22(33)28-20-11-10-18(26)15(3)16(20)4/h6-11,14,21H,12-13H2,1-5H3,(H,28,33)(H,29,34)/t21-/m1/s1. The number of carbonyl (C=O) groups is 2. The highest BCUT2D eigenvalue weighted by Crippen LogP contribution is 2.27. The van der Waals surface area contributed by atoms with Crippen LogP contribution in [0.5, 0.6) is 0 Å². The molecule has 1 atom stereocenters. The maximum Gasteiger partial charge on any atom is 0.253 e. The second-order valence-electron chi connectivity index (χ2n) is 8.72. The minimum Gasteiger partial charge on any atom is -0.342 e. The Morgan fingerprint density at radius 1 is 1.11 bits per heavy atom. The third-order valence-electron chi connectivity index (χ3n) is 5.64. The predicted molar refractivity (Wildman–Crippen MR) is 145 cm³/mol. The first-order chi connectivity index (χ1) is 16.6. The van der Waals surface area contributed by atoms with Gasteiger partial charge in [-0.3, -0.25) is 9.59 Å². The largest absolute Gasteiger partial charge is 0.342 e. The summed E-state index contributed by atoms with van der Waals surface area (Å²) in [7, 11) is 1.84. The van der Waals surface area contributed by atoms with Gasteiger partial charge in [0.25, 0.3) is 5.91 Å². The van der Waals surface area contributed by atoms with Crippen molar-refractivity contribution in [3.8, 4) is 0 Å². The summed E-state index contributed by atoms with van der Waals surface area (Å²) in [6, 6.07) is 10.4. The summed E-state index contributed by atoms with van der Waals surface area (Å²) in [4.78, 5) is 25.5. The first-order valence-corrected chi connectivity index (χ1v) is 13.4. The van der Waals surface area contributed by atoms with E-state index in [1.165, 1.54) is 11.8 Å². The number of thioether (sulfide) groups is 1. The van der Waals surface area contributed by atoms with Crippen molar-refractivity contribution in [2.45, 2.75) is 45.3 Å². The number of nitrogens with one attached hydrogen (secondary N) is 2. The Balaban J connectivity index is 1.70. The van der Waals surface area contributed by atoms with Crippen LogP contribution in [0.2, 0.25) is 5.02 Å². The average molecular weight is 579 g/mol. The molecule has 2 N–H and O–H groups in total. The molecule has 3 aromatic rings. The highest BCUT2D eigenvalue weighted by atomic mass is 79.9. The third-order valence-corrected chi connectivity index (χ3v) is 7.85. The molecule has 0 radical (unpaired) electrons. The zero-order valence-corrected chi connectivity index (χ0v) is 23.5. The van der Waals surface area contributed by atoms with E-state index in [-0.39, 0.29) is 23.6 Å². The average Bonchev–Trinajstić information content (AvgIpc) is 3.17. The molecule has 186 valence electrons.